The Bertz CT molecular complexity index is 983. The van der Waals surface area contributed by atoms with Crippen molar-refractivity contribution in [2.24, 2.45) is 17.3 Å². The predicted octanol–water partition coefficient (Wildman–Crippen LogP) is 3.97. The summed E-state index contributed by atoms with van der Waals surface area (Å²) in [6.07, 6.45) is 6.16. The first-order valence-corrected chi connectivity index (χ1v) is 16.1. The van der Waals surface area contributed by atoms with Gasteiger partial charge < -0.3 is 20.4 Å². The highest BCUT2D eigenvalue weighted by molar-refractivity contribution is 5.97. The average molecular weight is 590 g/mol. The first kappa shape index (κ1) is 35.8. The van der Waals surface area contributed by atoms with Crippen LogP contribution in [0.25, 0.3) is 0 Å². The van der Waals surface area contributed by atoms with E-state index in [2.05, 4.69) is 29.4 Å². The fourth-order valence-electron chi connectivity index (χ4n) is 6.10. The fourth-order valence-corrected chi connectivity index (χ4v) is 6.10. The summed E-state index contributed by atoms with van der Waals surface area (Å²) in [5.74, 6) is -0.187. The molecule has 0 aliphatic carbocycles. The molecule has 2 N–H and O–H groups in total. The first-order valence-electron chi connectivity index (χ1n) is 16.1. The Morgan fingerprint density at radius 3 is 2.07 bits per heavy atom. The number of carbonyl (C=O) groups excluding carboxylic acids is 4. The average Bonchev–Trinajstić information content (AvgIpc) is 3.41. The molecule has 0 bridgehead atoms. The molecule has 9 heteroatoms. The largest absolute Gasteiger partial charge is 0.354 e. The Hall–Kier alpha value is -2.42. The van der Waals surface area contributed by atoms with Gasteiger partial charge in [-0.1, -0.05) is 61.0 Å². The number of nitrogens with zero attached hydrogens (tertiary/aromatic N) is 3. The van der Waals surface area contributed by atoms with Gasteiger partial charge in [-0.25, -0.2) is 0 Å². The van der Waals surface area contributed by atoms with Crippen molar-refractivity contribution in [1.82, 2.24) is 25.3 Å². The zero-order valence-corrected chi connectivity index (χ0v) is 28.3. The second kappa shape index (κ2) is 15.3. The van der Waals surface area contributed by atoms with Crippen molar-refractivity contribution in [3.63, 3.8) is 0 Å². The third kappa shape index (κ3) is 9.29. The molecule has 9 nitrogen and oxygen atoms in total. The molecule has 0 radical (unpaired) electrons. The third-order valence-corrected chi connectivity index (χ3v) is 8.65. The summed E-state index contributed by atoms with van der Waals surface area (Å²) in [4.78, 5) is 59.6. The standard InChI is InChI=1S/C33H59N5O4/c1-21(2)20-34-29(39)25-16-14-18-38(25)31(41)24(7)19-27(22(3)4)36(11)32(42)28(33(8,9)10)35-30(40)26-15-12-13-17-37(26)23(5)6/h19,21-23,25-28H,12-18,20H2,1-11H3,(H,34,39)(H,35,40)/t25-,26+,27?,28+/m0/s1. The molecular weight excluding hydrogens is 530 g/mol. The number of nitrogens with one attached hydrogen (secondary N) is 2. The summed E-state index contributed by atoms with van der Waals surface area (Å²) in [5, 5.41) is 6.10. The number of hydrogen-bond donors (Lipinski definition) is 2. The van der Waals surface area contributed by atoms with E-state index in [1.807, 2.05) is 54.5 Å². The molecule has 0 aromatic rings. The highest BCUT2D eigenvalue weighted by Gasteiger charge is 2.40. The Balaban J connectivity index is 2.25. The highest BCUT2D eigenvalue weighted by Crippen LogP contribution is 2.27. The van der Waals surface area contributed by atoms with Crippen LogP contribution in [0.2, 0.25) is 0 Å². The molecule has 2 fully saturated rings. The van der Waals surface area contributed by atoms with Crippen molar-refractivity contribution < 1.29 is 19.2 Å². The van der Waals surface area contributed by atoms with E-state index in [1.54, 1.807) is 23.8 Å². The zero-order valence-electron chi connectivity index (χ0n) is 28.3. The molecule has 4 amide bonds. The van der Waals surface area contributed by atoms with Crippen LogP contribution in [0, 0.1) is 17.3 Å². The molecule has 0 saturated carbocycles. The molecule has 2 aliphatic heterocycles. The Labute approximate surface area is 255 Å². The number of piperidine rings is 1. The number of likely N-dealkylation sites (N-methyl/N-ethyl adjacent to an activating group) is 1. The molecule has 240 valence electrons. The number of hydrogen-bond acceptors (Lipinski definition) is 5. The van der Waals surface area contributed by atoms with Crippen LogP contribution in [0.5, 0.6) is 0 Å². The maximum absolute atomic E-state index is 14.1. The fraction of sp³-hybridized carbons (Fsp3) is 0.818. The van der Waals surface area contributed by atoms with Crippen molar-refractivity contribution >= 4 is 23.6 Å². The Morgan fingerprint density at radius 1 is 0.905 bits per heavy atom. The summed E-state index contributed by atoms with van der Waals surface area (Å²) in [6, 6.07) is -1.54. The third-order valence-electron chi connectivity index (χ3n) is 8.65. The van der Waals surface area contributed by atoms with Gasteiger partial charge in [0.15, 0.2) is 0 Å². The lowest BCUT2D eigenvalue weighted by Crippen LogP contribution is -2.60. The van der Waals surface area contributed by atoms with Gasteiger partial charge in [0, 0.05) is 31.8 Å². The van der Waals surface area contributed by atoms with E-state index < -0.39 is 17.5 Å². The van der Waals surface area contributed by atoms with Gasteiger partial charge >= 0.3 is 0 Å². The smallest absolute Gasteiger partial charge is 0.249 e. The van der Waals surface area contributed by atoms with Crippen molar-refractivity contribution in [2.75, 3.05) is 26.7 Å². The van der Waals surface area contributed by atoms with E-state index in [-0.39, 0.29) is 47.7 Å². The van der Waals surface area contributed by atoms with Crippen LogP contribution in [0.15, 0.2) is 11.6 Å². The molecule has 42 heavy (non-hydrogen) atoms. The van der Waals surface area contributed by atoms with E-state index in [1.165, 1.54) is 0 Å². The van der Waals surface area contributed by atoms with Gasteiger partial charge in [0.25, 0.3) is 0 Å². The van der Waals surface area contributed by atoms with Gasteiger partial charge in [-0.05, 0) is 70.3 Å². The number of likely N-dealkylation sites (tertiary alicyclic amines) is 2. The van der Waals surface area contributed by atoms with E-state index >= 15 is 0 Å². The zero-order chi connectivity index (χ0) is 31.9. The van der Waals surface area contributed by atoms with Crippen LogP contribution in [0.1, 0.15) is 101 Å². The van der Waals surface area contributed by atoms with Crippen LogP contribution in [0.4, 0.5) is 0 Å². The SMILES string of the molecule is CC(=CC(C(C)C)N(C)C(=O)[C@@H](NC(=O)[C@H]1CCCCN1C(C)C)C(C)(C)C)C(=O)N1CCC[C@H]1C(=O)NCC(C)C. The summed E-state index contributed by atoms with van der Waals surface area (Å²) < 4.78 is 0. The number of rotatable bonds is 11. The lowest BCUT2D eigenvalue weighted by molar-refractivity contribution is -0.142. The molecule has 2 aliphatic rings. The van der Waals surface area contributed by atoms with E-state index in [9.17, 15) is 19.2 Å². The maximum atomic E-state index is 14.1. The number of carbonyl (C=O) groups is 4. The molecule has 0 aromatic carbocycles. The Kier molecular flexibility index (Phi) is 13.1. The van der Waals surface area contributed by atoms with Crippen LogP contribution in [-0.4, -0.2) is 95.2 Å². The van der Waals surface area contributed by atoms with Gasteiger partial charge in [-0.3, -0.25) is 24.1 Å². The summed E-state index contributed by atoms with van der Waals surface area (Å²) >= 11 is 0. The van der Waals surface area contributed by atoms with Crippen LogP contribution < -0.4 is 10.6 Å². The molecule has 0 aromatic heterocycles. The maximum Gasteiger partial charge on any atom is 0.249 e. The summed E-state index contributed by atoms with van der Waals surface area (Å²) in [5.41, 5.74) is 0.00336. The van der Waals surface area contributed by atoms with Gasteiger partial charge in [-0.15, -0.1) is 0 Å². The molecular formula is C33H59N5O4. The topological polar surface area (TPSA) is 102 Å². The summed E-state index contributed by atoms with van der Waals surface area (Å²) in [7, 11) is 1.76. The monoisotopic (exact) mass is 589 g/mol. The van der Waals surface area contributed by atoms with E-state index in [0.29, 0.717) is 31.0 Å². The van der Waals surface area contributed by atoms with Gasteiger partial charge in [0.2, 0.25) is 23.6 Å². The quantitative estimate of drug-likeness (QED) is 0.355. The van der Waals surface area contributed by atoms with Gasteiger partial charge in [0.05, 0.1) is 12.1 Å². The highest BCUT2D eigenvalue weighted by atomic mass is 16.2. The minimum atomic E-state index is -0.718. The van der Waals surface area contributed by atoms with Crippen LogP contribution in [-0.2, 0) is 19.2 Å². The molecule has 2 saturated heterocycles. The summed E-state index contributed by atoms with van der Waals surface area (Å²) in [6.45, 7) is 22.0. The van der Waals surface area contributed by atoms with Crippen LogP contribution >= 0.6 is 0 Å². The Morgan fingerprint density at radius 2 is 1.52 bits per heavy atom. The van der Waals surface area contributed by atoms with Crippen molar-refractivity contribution in [3.05, 3.63) is 11.6 Å². The minimum absolute atomic E-state index is 0.0245. The lowest BCUT2D eigenvalue weighted by Gasteiger charge is -2.41. The van der Waals surface area contributed by atoms with Crippen molar-refractivity contribution in [2.45, 2.75) is 132 Å². The van der Waals surface area contributed by atoms with E-state index in [0.717, 1.165) is 32.2 Å². The second-order valence-electron chi connectivity index (χ2n) is 14.5. The van der Waals surface area contributed by atoms with Crippen molar-refractivity contribution in [3.8, 4) is 0 Å². The molecule has 0 spiro atoms. The van der Waals surface area contributed by atoms with Gasteiger partial charge in [0.1, 0.15) is 12.1 Å². The van der Waals surface area contributed by atoms with Gasteiger partial charge in [-0.2, -0.15) is 0 Å². The van der Waals surface area contributed by atoms with E-state index in [4.69, 9.17) is 0 Å². The molecule has 1 unspecified atom stereocenters. The molecule has 4 atom stereocenters. The van der Waals surface area contributed by atoms with Crippen molar-refractivity contribution in [1.29, 1.82) is 0 Å². The number of amides is 4. The normalized spacial score (nSPS) is 22.0. The second-order valence-corrected chi connectivity index (χ2v) is 14.5. The lowest BCUT2D eigenvalue weighted by atomic mass is 9.84. The molecule has 2 heterocycles. The first-order chi connectivity index (χ1) is 19.5. The predicted molar refractivity (Wildman–Crippen MR) is 169 cm³/mol. The minimum Gasteiger partial charge on any atom is -0.354 e. The van der Waals surface area contributed by atoms with Crippen LogP contribution in [0.3, 0.4) is 0 Å². The molecule has 2 rings (SSSR count).